The van der Waals surface area contributed by atoms with Crippen LogP contribution in [0.25, 0.3) is 32.9 Å². The molecule has 8 rings (SSSR count). The standard InChI is InChI=1S/C54H69F2N7O5Si/c1-31(2)69(32(3)4,33(5)6)21-20-36-16-15-17-37-22-41(58-50(64)67-52(9,10)11)44(55)43(42(36)37)47-45(56)46-40(25-57-47)48(61-28-38-18-19-39(29-61)63(38)51(65)68-53(12,13)14)60-49(59-46)66-30-54-23-34(7)26-62(54)27-35(8)24-54/h15-17,22,25,31-33,38-39H,7-8,18-19,23-24,26-30H2,1-6,9-14H3,(H,58,64). The zero-order chi connectivity index (χ0) is 50.1. The van der Waals surface area contributed by atoms with E-state index in [-0.39, 0.29) is 53.3 Å². The van der Waals surface area contributed by atoms with Crippen LogP contribution in [-0.2, 0) is 9.47 Å². The number of fused-ring (bicyclic) bond motifs is 5. The Kier molecular flexibility index (Phi) is 13.2. The summed E-state index contributed by atoms with van der Waals surface area (Å²) in [5.41, 5.74) is 4.69. The van der Waals surface area contributed by atoms with E-state index in [0.717, 1.165) is 37.1 Å². The van der Waals surface area contributed by atoms with E-state index in [4.69, 9.17) is 29.2 Å². The summed E-state index contributed by atoms with van der Waals surface area (Å²) in [7, 11) is -2.30. The third-order valence-corrected chi connectivity index (χ3v) is 20.7. The van der Waals surface area contributed by atoms with Gasteiger partial charge in [0.2, 0.25) is 0 Å². The summed E-state index contributed by atoms with van der Waals surface area (Å²) in [4.78, 5) is 47.5. The van der Waals surface area contributed by atoms with E-state index in [1.807, 2.05) is 42.7 Å². The molecule has 2 bridgehead atoms. The highest BCUT2D eigenvalue weighted by molar-refractivity contribution is 6.90. The number of piperazine rings is 1. The van der Waals surface area contributed by atoms with Gasteiger partial charge in [-0.3, -0.25) is 20.1 Å². The maximum atomic E-state index is 18.1. The number of hydrogen-bond donors (Lipinski definition) is 1. The average molecular weight is 962 g/mol. The maximum Gasteiger partial charge on any atom is 0.412 e. The van der Waals surface area contributed by atoms with E-state index in [0.29, 0.717) is 70.1 Å². The van der Waals surface area contributed by atoms with E-state index < -0.39 is 42.5 Å². The first-order valence-electron chi connectivity index (χ1n) is 24.4. The molecule has 4 aliphatic heterocycles. The third-order valence-electron chi connectivity index (χ3n) is 14.4. The Morgan fingerprint density at radius 1 is 0.899 bits per heavy atom. The molecule has 2 amide bonds. The van der Waals surface area contributed by atoms with Gasteiger partial charge in [0.15, 0.2) is 11.6 Å². The minimum atomic E-state index is -2.30. The zero-order valence-electron chi connectivity index (χ0n) is 42.5. The van der Waals surface area contributed by atoms with Crippen LogP contribution >= 0.6 is 0 Å². The number of rotatable bonds is 9. The van der Waals surface area contributed by atoms with Crippen LogP contribution in [0, 0.1) is 23.1 Å². The van der Waals surface area contributed by atoms with Crippen molar-refractivity contribution < 1.29 is 32.6 Å². The molecule has 0 spiro atoms. The van der Waals surface area contributed by atoms with Gasteiger partial charge >= 0.3 is 18.2 Å². The summed E-state index contributed by atoms with van der Waals surface area (Å²) < 4.78 is 53.8. The molecular formula is C54H69F2N7O5Si. The zero-order valence-corrected chi connectivity index (χ0v) is 43.5. The molecule has 6 heterocycles. The van der Waals surface area contributed by atoms with Gasteiger partial charge in [0.1, 0.15) is 42.9 Å². The van der Waals surface area contributed by atoms with Gasteiger partial charge < -0.3 is 19.1 Å². The molecule has 0 aliphatic carbocycles. The fraction of sp³-hybridized carbons (Fsp3) is 0.537. The number of nitrogens with one attached hydrogen (secondary N) is 1. The van der Waals surface area contributed by atoms with Crippen LogP contribution < -0.4 is 15.0 Å². The summed E-state index contributed by atoms with van der Waals surface area (Å²) in [6, 6.07) is 6.55. The Morgan fingerprint density at radius 2 is 1.51 bits per heavy atom. The second-order valence-electron chi connectivity index (χ2n) is 22.7. The van der Waals surface area contributed by atoms with Gasteiger partial charge in [0, 0.05) is 43.3 Å². The molecule has 2 aromatic carbocycles. The van der Waals surface area contributed by atoms with Gasteiger partial charge in [0.25, 0.3) is 0 Å². The summed E-state index contributed by atoms with van der Waals surface area (Å²) in [5, 5.41) is 3.76. The Balaban J connectivity index is 1.31. The lowest BCUT2D eigenvalue weighted by molar-refractivity contribution is 0.0122. The fourth-order valence-electron chi connectivity index (χ4n) is 11.7. The summed E-state index contributed by atoms with van der Waals surface area (Å²) in [6.45, 7) is 35.1. The number of nitrogens with zero attached hydrogens (tertiary/aromatic N) is 6. The van der Waals surface area contributed by atoms with Crippen LogP contribution in [0.4, 0.5) is 29.9 Å². The normalized spacial score (nSPS) is 19.5. The molecule has 69 heavy (non-hydrogen) atoms. The molecule has 368 valence electrons. The van der Waals surface area contributed by atoms with Crippen molar-refractivity contribution >= 4 is 53.4 Å². The van der Waals surface area contributed by atoms with E-state index in [2.05, 4.69) is 76.4 Å². The first kappa shape index (κ1) is 49.8. The molecule has 0 saturated carbocycles. The van der Waals surface area contributed by atoms with Gasteiger partial charge in [0.05, 0.1) is 34.3 Å². The molecule has 15 heteroatoms. The number of hydrogen-bond acceptors (Lipinski definition) is 10. The molecule has 0 radical (unpaired) electrons. The monoisotopic (exact) mass is 962 g/mol. The maximum absolute atomic E-state index is 18.1. The number of carbonyl (C=O) groups excluding carboxylic acids is 2. The van der Waals surface area contributed by atoms with Gasteiger partial charge in [-0.2, -0.15) is 9.97 Å². The number of ether oxygens (including phenoxy) is 3. The number of carbonyl (C=O) groups is 2. The van der Waals surface area contributed by atoms with E-state index >= 15 is 8.78 Å². The lowest BCUT2D eigenvalue weighted by Crippen LogP contribution is -2.57. The predicted octanol–water partition coefficient (Wildman–Crippen LogP) is 12.0. The summed E-state index contributed by atoms with van der Waals surface area (Å²) >= 11 is 0. The number of halogens is 2. The van der Waals surface area contributed by atoms with Gasteiger partial charge in [-0.1, -0.05) is 83.9 Å². The fourth-order valence-corrected chi connectivity index (χ4v) is 16.9. The molecule has 12 nitrogen and oxygen atoms in total. The molecular weight excluding hydrogens is 893 g/mol. The van der Waals surface area contributed by atoms with Crippen molar-refractivity contribution in [1.82, 2.24) is 24.8 Å². The highest BCUT2D eigenvalue weighted by Crippen LogP contribution is 2.46. The average Bonchev–Trinajstić information content (AvgIpc) is 3.81. The Hall–Kier alpha value is -5.59. The second-order valence-corrected chi connectivity index (χ2v) is 28.3. The van der Waals surface area contributed by atoms with Crippen LogP contribution in [0.5, 0.6) is 6.01 Å². The Labute approximate surface area is 407 Å². The van der Waals surface area contributed by atoms with E-state index in [1.54, 1.807) is 26.8 Å². The number of aromatic nitrogens is 3. The molecule has 2 atom stereocenters. The van der Waals surface area contributed by atoms with Gasteiger partial charge in [-0.05, 0) is 101 Å². The Morgan fingerprint density at radius 3 is 2.09 bits per heavy atom. The summed E-state index contributed by atoms with van der Waals surface area (Å²) in [6.07, 6.45) is 3.20. The van der Waals surface area contributed by atoms with Crippen LogP contribution in [0.15, 0.2) is 54.8 Å². The highest BCUT2D eigenvalue weighted by atomic mass is 28.3. The largest absolute Gasteiger partial charge is 0.461 e. The molecule has 4 aliphatic rings. The van der Waals surface area contributed by atoms with Crippen LogP contribution in [0.2, 0.25) is 16.6 Å². The third kappa shape index (κ3) is 9.55. The quantitative estimate of drug-likeness (QED) is 0.0985. The molecule has 1 N–H and O–H groups in total. The highest BCUT2D eigenvalue weighted by Gasteiger charge is 2.49. The molecule has 4 aromatic rings. The smallest absolute Gasteiger partial charge is 0.412 e. The van der Waals surface area contributed by atoms with E-state index in [9.17, 15) is 9.59 Å². The first-order valence-corrected chi connectivity index (χ1v) is 26.7. The van der Waals surface area contributed by atoms with Crippen molar-refractivity contribution in [1.29, 1.82) is 0 Å². The van der Waals surface area contributed by atoms with Crippen molar-refractivity contribution in [2.75, 3.05) is 43.0 Å². The number of pyridine rings is 1. The van der Waals surface area contributed by atoms with Crippen LogP contribution in [0.1, 0.15) is 114 Å². The second kappa shape index (κ2) is 18.3. The number of anilines is 2. The van der Waals surface area contributed by atoms with Crippen molar-refractivity contribution in [2.24, 2.45) is 0 Å². The molecule has 2 aromatic heterocycles. The summed E-state index contributed by atoms with van der Waals surface area (Å²) in [5.74, 6) is 2.09. The minimum Gasteiger partial charge on any atom is -0.461 e. The van der Waals surface area contributed by atoms with Gasteiger partial charge in [-0.25, -0.2) is 18.4 Å². The SMILES string of the molecule is C=C1CN2CC(=C)CC2(COc2nc(N3CC4CCC(C3)N4C(=O)OC(C)(C)C)c3cnc(-c4c(F)c(NC(=O)OC(C)(C)C)cc5cccc(C#C[Si](C(C)C)(C(C)C)C(C)C)c45)c(F)c3n2)C1. The van der Waals surface area contributed by atoms with Crippen LogP contribution in [0.3, 0.4) is 0 Å². The lowest BCUT2D eigenvalue weighted by Gasteiger charge is -2.42. The Bertz CT molecular complexity index is 2750. The molecule has 4 saturated heterocycles. The molecule has 2 unspecified atom stereocenters. The van der Waals surface area contributed by atoms with Crippen molar-refractivity contribution in [3.63, 3.8) is 0 Å². The van der Waals surface area contributed by atoms with Crippen molar-refractivity contribution in [2.45, 2.75) is 154 Å². The van der Waals surface area contributed by atoms with Crippen molar-refractivity contribution in [3.05, 3.63) is 72.0 Å². The van der Waals surface area contributed by atoms with Gasteiger partial charge in [-0.15, -0.1) is 5.54 Å². The lowest BCUT2D eigenvalue weighted by atomic mass is 9.92. The van der Waals surface area contributed by atoms with Crippen molar-refractivity contribution in [3.8, 4) is 28.7 Å². The molecule has 4 fully saturated rings. The number of amides is 2. The minimum absolute atomic E-state index is 0.0469. The van der Waals surface area contributed by atoms with Crippen LogP contribution in [-0.4, -0.2) is 107 Å². The first-order chi connectivity index (χ1) is 32.3. The predicted molar refractivity (Wildman–Crippen MR) is 272 cm³/mol. The van der Waals surface area contributed by atoms with E-state index in [1.165, 1.54) is 12.3 Å². The topological polar surface area (TPSA) is 122 Å². The number of benzene rings is 2.